The first-order chi connectivity index (χ1) is 10.6. The van der Waals surface area contributed by atoms with Gasteiger partial charge in [0.15, 0.2) is 11.5 Å². The third-order valence-electron chi connectivity index (χ3n) is 3.32. The summed E-state index contributed by atoms with van der Waals surface area (Å²) in [4.78, 5) is 12.5. The Morgan fingerprint density at radius 3 is 2.50 bits per heavy atom. The van der Waals surface area contributed by atoms with Crippen LogP contribution < -0.4 is 20.5 Å². The van der Waals surface area contributed by atoms with Crippen molar-refractivity contribution in [2.75, 3.05) is 19.5 Å². The number of methoxy groups -OCH3 is 2. The first-order valence-corrected chi connectivity index (χ1v) is 6.94. The van der Waals surface area contributed by atoms with Gasteiger partial charge in [-0.2, -0.15) is 0 Å². The van der Waals surface area contributed by atoms with Gasteiger partial charge < -0.3 is 20.5 Å². The highest BCUT2D eigenvalue weighted by atomic mass is 16.5. The lowest BCUT2D eigenvalue weighted by Gasteiger charge is -2.13. The maximum atomic E-state index is 12.5. The number of nitrogens with two attached hydrogens (primary N) is 1. The first-order valence-electron chi connectivity index (χ1n) is 6.94. The van der Waals surface area contributed by atoms with Crippen LogP contribution in [0.1, 0.15) is 28.9 Å². The molecule has 1 atom stereocenters. The largest absolute Gasteiger partial charge is 0.493 e. The molecule has 1 amide bonds. The van der Waals surface area contributed by atoms with Crippen LogP contribution >= 0.6 is 0 Å². The monoisotopic (exact) mass is 300 g/mol. The van der Waals surface area contributed by atoms with Crippen LogP contribution in [0.4, 0.5) is 5.69 Å². The number of para-hydroxylation sites is 1. The molecule has 2 aromatic rings. The standard InChI is InChI=1S/C17H20N2O3/c1-11(18)12-6-4-7-13(10-12)19-17(20)14-8-5-9-15(21-2)16(14)22-3/h4-11H,18H2,1-3H3,(H,19,20). The molecule has 0 aromatic heterocycles. The molecule has 0 saturated carbocycles. The van der Waals surface area contributed by atoms with Crippen molar-refractivity contribution >= 4 is 11.6 Å². The predicted molar refractivity (Wildman–Crippen MR) is 86.5 cm³/mol. The van der Waals surface area contributed by atoms with Crippen LogP contribution in [0.25, 0.3) is 0 Å². The summed E-state index contributed by atoms with van der Waals surface area (Å²) in [5.41, 5.74) is 7.91. The SMILES string of the molecule is COc1cccc(C(=O)Nc2cccc(C(C)N)c2)c1OC. The van der Waals surface area contributed by atoms with E-state index in [9.17, 15) is 4.79 Å². The lowest BCUT2D eigenvalue weighted by Crippen LogP contribution is -2.14. The molecule has 0 aliphatic heterocycles. The van der Waals surface area contributed by atoms with E-state index in [4.69, 9.17) is 15.2 Å². The van der Waals surface area contributed by atoms with Crippen molar-refractivity contribution in [2.45, 2.75) is 13.0 Å². The number of hydrogen-bond donors (Lipinski definition) is 2. The van der Waals surface area contributed by atoms with E-state index in [-0.39, 0.29) is 11.9 Å². The third kappa shape index (κ3) is 3.38. The van der Waals surface area contributed by atoms with Crippen LogP contribution in [0.3, 0.4) is 0 Å². The second kappa shape index (κ2) is 6.95. The first kappa shape index (κ1) is 15.9. The van der Waals surface area contributed by atoms with Crippen molar-refractivity contribution in [3.8, 4) is 11.5 Å². The van der Waals surface area contributed by atoms with E-state index in [2.05, 4.69) is 5.32 Å². The number of benzene rings is 2. The molecule has 3 N–H and O–H groups in total. The van der Waals surface area contributed by atoms with Gasteiger partial charge in [0.2, 0.25) is 0 Å². The Bertz CT molecular complexity index is 669. The molecule has 1 unspecified atom stereocenters. The van der Waals surface area contributed by atoms with Gasteiger partial charge in [0.05, 0.1) is 19.8 Å². The Hall–Kier alpha value is -2.53. The molecule has 0 saturated heterocycles. The number of ether oxygens (including phenoxy) is 2. The van der Waals surface area contributed by atoms with E-state index in [1.54, 1.807) is 18.2 Å². The number of amides is 1. The van der Waals surface area contributed by atoms with Gasteiger partial charge in [-0.15, -0.1) is 0 Å². The minimum atomic E-state index is -0.266. The number of anilines is 1. The topological polar surface area (TPSA) is 73.6 Å². The highest BCUT2D eigenvalue weighted by Crippen LogP contribution is 2.31. The normalized spacial score (nSPS) is 11.6. The van der Waals surface area contributed by atoms with Crippen LogP contribution in [-0.4, -0.2) is 20.1 Å². The van der Waals surface area contributed by atoms with Crippen LogP contribution in [0.2, 0.25) is 0 Å². The van der Waals surface area contributed by atoms with E-state index in [1.807, 2.05) is 31.2 Å². The van der Waals surface area contributed by atoms with Gasteiger partial charge in [-0.1, -0.05) is 18.2 Å². The average molecular weight is 300 g/mol. The van der Waals surface area contributed by atoms with Gasteiger partial charge in [0.25, 0.3) is 5.91 Å². The number of hydrogen-bond acceptors (Lipinski definition) is 4. The van der Waals surface area contributed by atoms with Crippen molar-refractivity contribution in [2.24, 2.45) is 5.73 Å². The maximum absolute atomic E-state index is 12.5. The van der Waals surface area contributed by atoms with Crippen molar-refractivity contribution in [1.82, 2.24) is 0 Å². The maximum Gasteiger partial charge on any atom is 0.259 e. The molecule has 116 valence electrons. The second-order valence-corrected chi connectivity index (χ2v) is 4.91. The Labute approximate surface area is 130 Å². The summed E-state index contributed by atoms with van der Waals surface area (Å²) in [5, 5.41) is 2.85. The van der Waals surface area contributed by atoms with Crippen LogP contribution in [-0.2, 0) is 0 Å². The van der Waals surface area contributed by atoms with Gasteiger partial charge in [0, 0.05) is 11.7 Å². The minimum Gasteiger partial charge on any atom is -0.493 e. The molecule has 22 heavy (non-hydrogen) atoms. The summed E-state index contributed by atoms with van der Waals surface area (Å²) in [6.45, 7) is 1.89. The molecule has 0 aliphatic rings. The minimum absolute atomic E-state index is 0.0943. The molecule has 5 nitrogen and oxygen atoms in total. The highest BCUT2D eigenvalue weighted by molar-refractivity contribution is 6.06. The Balaban J connectivity index is 2.28. The molecule has 0 fully saturated rings. The van der Waals surface area contributed by atoms with Crippen LogP contribution in [0, 0.1) is 0 Å². The van der Waals surface area contributed by atoms with Crippen molar-refractivity contribution in [1.29, 1.82) is 0 Å². The summed E-state index contributed by atoms with van der Waals surface area (Å²) < 4.78 is 10.5. The summed E-state index contributed by atoms with van der Waals surface area (Å²) in [5.74, 6) is 0.655. The molecular formula is C17H20N2O3. The molecule has 0 radical (unpaired) electrons. The highest BCUT2D eigenvalue weighted by Gasteiger charge is 2.16. The predicted octanol–water partition coefficient (Wildman–Crippen LogP) is 2.98. The number of carbonyl (C=O) groups excluding carboxylic acids is 1. The zero-order valence-electron chi connectivity index (χ0n) is 12.9. The summed E-state index contributed by atoms with van der Waals surface area (Å²) >= 11 is 0. The van der Waals surface area contributed by atoms with Crippen molar-refractivity contribution in [3.05, 3.63) is 53.6 Å². The van der Waals surface area contributed by atoms with E-state index < -0.39 is 0 Å². The Morgan fingerprint density at radius 2 is 1.86 bits per heavy atom. The number of rotatable bonds is 5. The molecule has 0 aliphatic carbocycles. The van der Waals surface area contributed by atoms with Crippen molar-refractivity contribution < 1.29 is 14.3 Å². The molecule has 5 heteroatoms. The fourth-order valence-electron chi connectivity index (χ4n) is 2.16. The molecule has 0 heterocycles. The molecule has 0 spiro atoms. The lowest BCUT2D eigenvalue weighted by molar-refractivity contribution is 0.102. The van der Waals surface area contributed by atoms with Gasteiger partial charge in [-0.05, 0) is 36.8 Å². The molecular weight excluding hydrogens is 280 g/mol. The van der Waals surface area contributed by atoms with E-state index in [0.717, 1.165) is 5.56 Å². The molecule has 2 aromatic carbocycles. The van der Waals surface area contributed by atoms with E-state index in [1.165, 1.54) is 14.2 Å². The molecule has 0 bridgehead atoms. The zero-order chi connectivity index (χ0) is 16.1. The van der Waals surface area contributed by atoms with Gasteiger partial charge in [-0.3, -0.25) is 4.79 Å². The quantitative estimate of drug-likeness (QED) is 0.890. The van der Waals surface area contributed by atoms with E-state index in [0.29, 0.717) is 22.7 Å². The Morgan fingerprint density at radius 1 is 1.14 bits per heavy atom. The fourth-order valence-corrected chi connectivity index (χ4v) is 2.16. The lowest BCUT2D eigenvalue weighted by atomic mass is 10.1. The van der Waals surface area contributed by atoms with Gasteiger partial charge in [-0.25, -0.2) is 0 Å². The average Bonchev–Trinajstić information content (AvgIpc) is 2.54. The second-order valence-electron chi connectivity index (χ2n) is 4.91. The summed E-state index contributed by atoms with van der Waals surface area (Å²) in [6.07, 6.45) is 0. The smallest absolute Gasteiger partial charge is 0.259 e. The van der Waals surface area contributed by atoms with Crippen LogP contribution in [0.15, 0.2) is 42.5 Å². The molecule has 2 rings (SSSR count). The van der Waals surface area contributed by atoms with E-state index >= 15 is 0 Å². The van der Waals surface area contributed by atoms with Gasteiger partial charge >= 0.3 is 0 Å². The fraction of sp³-hybridized carbons (Fsp3) is 0.235. The van der Waals surface area contributed by atoms with Crippen molar-refractivity contribution in [3.63, 3.8) is 0 Å². The zero-order valence-corrected chi connectivity index (χ0v) is 12.9. The summed E-state index contributed by atoms with van der Waals surface area (Å²) in [6, 6.07) is 12.5. The summed E-state index contributed by atoms with van der Waals surface area (Å²) in [7, 11) is 3.04. The number of nitrogens with one attached hydrogen (secondary N) is 1. The van der Waals surface area contributed by atoms with Gasteiger partial charge in [0.1, 0.15) is 0 Å². The number of carbonyl (C=O) groups is 1. The third-order valence-corrected chi connectivity index (χ3v) is 3.32. The Kier molecular flexibility index (Phi) is 5.01. The van der Waals surface area contributed by atoms with Crippen LogP contribution in [0.5, 0.6) is 11.5 Å².